The smallest absolute Gasteiger partial charge is 0.359 e. The molecular formula is C28H27F2N3O4. The van der Waals surface area contributed by atoms with Gasteiger partial charge in [0, 0.05) is 6.20 Å². The van der Waals surface area contributed by atoms with Crippen LogP contribution in [0.4, 0.5) is 14.5 Å². The van der Waals surface area contributed by atoms with Gasteiger partial charge in [0.25, 0.3) is 17.7 Å². The highest BCUT2D eigenvalue weighted by molar-refractivity contribution is 6.21. The molecule has 2 amide bonds. The zero-order valence-electron chi connectivity index (χ0n) is 20.8. The van der Waals surface area contributed by atoms with Crippen LogP contribution in [0, 0.1) is 6.92 Å². The van der Waals surface area contributed by atoms with Crippen LogP contribution >= 0.6 is 0 Å². The minimum absolute atomic E-state index is 0.101. The molecule has 9 heteroatoms. The van der Waals surface area contributed by atoms with E-state index in [0.29, 0.717) is 16.9 Å². The van der Waals surface area contributed by atoms with E-state index in [-0.39, 0.29) is 22.5 Å². The fraction of sp³-hybridized carbons (Fsp3) is 0.286. The van der Waals surface area contributed by atoms with Crippen molar-refractivity contribution in [2.24, 2.45) is 0 Å². The molecule has 0 spiro atoms. The van der Waals surface area contributed by atoms with Gasteiger partial charge in [-0.2, -0.15) is 0 Å². The van der Waals surface area contributed by atoms with E-state index >= 15 is 8.78 Å². The van der Waals surface area contributed by atoms with Gasteiger partial charge in [0.15, 0.2) is 5.69 Å². The van der Waals surface area contributed by atoms with E-state index in [9.17, 15) is 14.4 Å². The molecule has 0 radical (unpaired) electrons. The molecule has 0 aliphatic carbocycles. The molecule has 1 aliphatic rings. The summed E-state index contributed by atoms with van der Waals surface area (Å²) >= 11 is 0. The number of carbonyl (C=O) groups excluding carboxylic acids is 3. The van der Waals surface area contributed by atoms with Crippen LogP contribution in [0.25, 0.3) is 0 Å². The number of hydrogen-bond donors (Lipinski definition) is 1. The number of esters is 1. The number of fused-ring (bicyclic) bond motifs is 1. The van der Waals surface area contributed by atoms with Crippen molar-refractivity contribution >= 4 is 23.5 Å². The first kappa shape index (κ1) is 25.9. The Hall–Kier alpha value is -4.14. The summed E-state index contributed by atoms with van der Waals surface area (Å²) in [4.78, 5) is 42.6. The molecule has 192 valence electrons. The summed E-state index contributed by atoms with van der Waals surface area (Å²) < 4.78 is 35.5. The molecule has 4 rings (SSSR count). The van der Waals surface area contributed by atoms with Crippen LogP contribution in [0.1, 0.15) is 61.7 Å². The van der Waals surface area contributed by atoms with Gasteiger partial charge in [-0.25, -0.2) is 18.6 Å². The van der Waals surface area contributed by atoms with Crippen molar-refractivity contribution < 1.29 is 27.9 Å². The van der Waals surface area contributed by atoms with Gasteiger partial charge in [0.2, 0.25) is 0 Å². The Morgan fingerprint density at radius 1 is 1.03 bits per heavy atom. The number of amides is 2. The molecule has 0 unspecified atom stereocenters. The molecule has 0 atom stereocenters. The molecule has 0 fully saturated rings. The lowest BCUT2D eigenvalue weighted by Crippen LogP contribution is -2.44. The summed E-state index contributed by atoms with van der Waals surface area (Å²) in [6, 6.07) is 15.6. The number of rotatable bonds is 9. The summed E-state index contributed by atoms with van der Waals surface area (Å²) in [7, 11) is 0. The molecule has 2 aromatic carbocycles. The Labute approximate surface area is 213 Å². The van der Waals surface area contributed by atoms with Crippen LogP contribution in [0.3, 0.4) is 0 Å². The number of carbonyl (C=O) groups is 3. The zero-order chi connectivity index (χ0) is 26.7. The average Bonchev–Trinajstić information content (AvgIpc) is 3.09. The maximum absolute atomic E-state index is 15.1. The largest absolute Gasteiger partial charge is 0.458 e. The van der Waals surface area contributed by atoms with Crippen LogP contribution in [-0.2, 0) is 11.2 Å². The summed E-state index contributed by atoms with van der Waals surface area (Å²) in [5, 5.41) is 2.66. The summed E-state index contributed by atoms with van der Waals surface area (Å²) in [5.74, 6) is -5.75. The highest BCUT2D eigenvalue weighted by atomic mass is 19.3. The molecule has 37 heavy (non-hydrogen) atoms. The number of nitrogens with zero attached hydrogens (tertiary/aromatic N) is 2. The molecule has 0 bridgehead atoms. The number of anilines is 1. The predicted molar refractivity (Wildman–Crippen MR) is 134 cm³/mol. The minimum Gasteiger partial charge on any atom is -0.458 e. The van der Waals surface area contributed by atoms with Gasteiger partial charge in [-0.05, 0) is 56.0 Å². The molecule has 1 N–H and O–H groups in total. The van der Waals surface area contributed by atoms with Crippen molar-refractivity contribution in [1.82, 2.24) is 9.88 Å². The van der Waals surface area contributed by atoms with Crippen LogP contribution < -0.4 is 5.32 Å². The quantitative estimate of drug-likeness (QED) is 0.328. The molecule has 0 saturated carbocycles. The van der Waals surface area contributed by atoms with E-state index in [0.717, 1.165) is 11.1 Å². The number of aromatic nitrogens is 1. The summed E-state index contributed by atoms with van der Waals surface area (Å²) in [5.41, 5.74) is 2.53. The Morgan fingerprint density at radius 3 is 2.22 bits per heavy atom. The number of alkyl halides is 2. The third-order valence-corrected chi connectivity index (χ3v) is 6.01. The van der Waals surface area contributed by atoms with E-state index in [1.54, 1.807) is 39.1 Å². The van der Waals surface area contributed by atoms with E-state index < -0.39 is 42.9 Å². The monoisotopic (exact) mass is 507 g/mol. The number of halogens is 2. The summed E-state index contributed by atoms with van der Waals surface area (Å²) in [6.07, 6.45) is 1.60. The Kier molecular flexibility index (Phi) is 7.33. The van der Waals surface area contributed by atoms with Gasteiger partial charge in [-0.3, -0.25) is 14.5 Å². The number of nitrogens with one attached hydrogen (secondary N) is 1. The lowest BCUT2D eigenvalue weighted by molar-refractivity contribution is -0.0113. The van der Waals surface area contributed by atoms with Crippen molar-refractivity contribution in [2.45, 2.75) is 39.2 Å². The molecule has 0 saturated heterocycles. The van der Waals surface area contributed by atoms with Crippen molar-refractivity contribution in [3.05, 3.63) is 94.3 Å². The SMILES string of the molecule is Cc1c(Cc2ccccc2)cnc(C(=O)OC(C)C)c1NCC(F)(F)CN1C(=O)c2ccccc2C1=O. The second-order valence-corrected chi connectivity index (χ2v) is 9.20. The lowest BCUT2D eigenvalue weighted by atomic mass is 10.00. The van der Waals surface area contributed by atoms with Gasteiger partial charge < -0.3 is 10.1 Å². The van der Waals surface area contributed by atoms with Crippen molar-refractivity contribution in [1.29, 1.82) is 0 Å². The van der Waals surface area contributed by atoms with Crippen LogP contribution in [0.15, 0.2) is 60.8 Å². The third kappa shape index (κ3) is 5.66. The van der Waals surface area contributed by atoms with Crippen molar-refractivity contribution in [2.75, 3.05) is 18.4 Å². The first-order valence-corrected chi connectivity index (χ1v) is 11.9. The van der Waals surface area contributed by atoms with Crippen molar-refractivity contribution in [3.8, 4) is 0 Å². The fourth-order valence-electron chi connectivity index (χ4n) is 4.16. The molecule has 2 heterocycles. The predicted octanol–water partition coefficient (Wildman–Crippen LogP) is 4.89. The van der Waals surface area contributed by atoms with Crippen LogP contribution in [0.2, 0.25) is 0 Å². The second kappa shape index (κ2) is 10.5. The first-order chi connectivity index (χ1) is 17.6. The highest BCUT2D eigenvalue weighted by Gasteiger charge is 2.42. The molecule has 1 aromatic heterocycles. The zero-order valence-corrected chi connectivity index (χ0v) is 20.8. The maximum atomic E-state index is 15.1. The van der Waals surface area contributed by atoms with E-state index in [1.807, 2.05) is 30.3 Å². The normalized spacial score (nSPS) is 13.2. The number of benzene rings is 2. The minimum atomic E-state index is -3.49. The van der Waals surface area contributed by atoms with E-state index in [4.69, 9.17) is 4.74 Å². The molecular weight excluding hydrogens is 480 g/mol. The van der Waals surface area contributed by atoms with E-state index in [1.165, 1.54) is 12.1 Å². The molecule has 3 aromatic rings. The van der Waals surface area contributed by atoms with Gasteiger partial charge in [0.1, 0.15) is 0 Å². The topological polar surface area (TPSA) is 88.6 Å². The van der Waals surface area contributed by atoms with Crippen molar-refractivity contribution in [3.63, 3.8) is 0 Å². The Balaban J connectivity index is 1.57. The molecule has 7 nitrogen and oxygen atoms in total. The first-order valence-electron chi connectivity index (χ1n) is 11.9. The van der Waals surface area contributed by atoms with Crippen LogP contribution in [-0.4, -0.2) is 52.8 Å². The lowest BCUT2D eigenvalue weighted by Gasteiger charge is -2.24. The number of ether oxygens (including phenoxy) is 1. The maximum Gasteiger partial charge on any atom is 0.359 e. The summed E-state index contributed by atoms with van der Waals surface area (Å²) in [6.45, 7) is 3.04. The Bertz CT molecular complexity index is 1310. The second-order valence-electron chi connectivity index (χ2n) is 9.20. The number of hydrogen-bond acceptors (Lipinski definition) is 6. The van der Waals surface area contributed by atoms with Gasteiger partial charge in [0.05, 0.1) is 36.0 Å². The fourth-order valence-corrected chi connectivity index (χ4v) is 4.16. The Morgan fingerprint density at radius 2 is 1.62 bits per heavy atom. The average molecular weight is 508 g/mol. The number of pyridine rings is 1. The standard InChI is InChI=1S/C28H27F2N3O4/c1-17(2)37-27(36)24-23(18(3)20(14-31-24)13-19-9-5-4-6-10-19)32-15-28(29,30)16-33-25(34)21-11-7-8-12-22(21)26(33)35/h4-12,14,17,32H,13,15-16H2,1-3H3. The van der Waals surface area contributed by atoms with Gasteiger partial charge in [-0.15, -0.1) is 0 Å². The van der Waals surface area contributed by atoms with Gasteiger partial charge >= 0.3 is 5.97 Å². The highest BCUT2D eigenvalue weighted by Crippen LogP contribution is 2.29. The number of imide groups is 1. The third-order valence-electron chi connectivity index (χ3n) is 6.01. The van der Waals surface area contributed by atoms with Gasteiger partial charge in [-0.1, -0.05) is 42.5 Å². The molecule has 1 aliphatic heterocycles. The van der Waals surface area contributed by atoms with Crippen LogP contribution in [0.5, 0.6) is 0 Å². The van der Waals surface area contributed by atoms with E-state index in [2.05, 4.69) is 10.3 Å².